The van der Waals surface area contributed by atoms with Crippen LogP contribution in [-0.4, -0.2) is 23.9 Å². The van der Waals surface area contributed by atoms with Crippen LogP contribution in [0.1, 0.15) is 11.1 Å². The Bertz CT molecular complexity index is 534. The van der Waals surface area contributed by atoms with Gasteiger partial charge in [0, 0.05) is 7.05 Å². The van der Waals surface area contributed by atoms with Crippen molar-refractivity contribution in [1.29, 1.82) is 0 Å². The monoisotopic (exact) mass is 230 g/mol. The topological polar surface area (TPSA) is 40.6 Å². The second kappa shape index (κ2) is 3.73. The molecule has 4 nitrogen and oxygen atoms in total. The number of hydrogen-bond donors (Lipinski definition) is 0. The number of rotatable bonds is 1. The van der Waals surface area contributed by atoms with Crippen molar-refractivity contribution in [2.45, 2.75) is 13.8 Å². The van der Waals surface area contributed by atoms with Gasteiger partial charge in [-0.25, -0.2) is 4.79 Å². The van der Waals surface area contributed by atoms with E-state index in [2.05, 4.69) is 6.58 Å². The Morgan fingerprint density at radius 2 is 1.82 bits per heavy atom. The first kappa shape index (κ1) is 11.4. The first-order valence-corrected chi connectivity index (χ1v) is 5.32. The van der Waals surface area contributed by atoms with Gasteiger partial charge in [0.05, 0.1) is 5.69 Å². The maximum atomic E-state index is 12.0. The molecule has 0 aromatic heterocycles. The van der Waals surface area contributed by atoms with E-state index in [0.717, 1.165) is 21.7 Å². The number of urea groups is 1. The summed E-state index contributed by atoms with van der Waals surface area (Å²) in [6, 6.07) is 5.42. The maximum Gasteiger partial charge on any atom is 0.336 e. The smallest absolute Gasteiger partial charge is 0.267 e. The lowest BCUT2D eigenvalue weighted by Gasteiger charge is -2.18. The van der Waals surface area contributed by atoms with E-state index in [4.69, 9.17) is 0 Å². The number of hydrogen-bond acceptors (Lipinski definition) is 2. The molecule has 1 fully saturated rings. The number of likely N-dealkylation sites (N-methyl/N-ethyl adjacent to an activating group) is 1. The lowest BCUT2D eigenvalue weighted by atomic mass is 10.1. The van der Waals surface area contributed by atoms with Crippen molar-refractivity contribution in [3.63, 3.8) is 0 Å². The third kappa shape index (κ3) is 1.62. The fourth-order valence-electron chi connectivity index (χ4n) is 1.85. The molecule has 0 N–H and O–H groups in total. The number of imide groups is 1. The van der Waals surface area contributed by atoms with Gasteiger partial charge in [0.1, 0.15) is 5.70 Å². The van der Waals surface area contributed by atoms with Gasteiger partial charge in [-0.1, -0.05) is 18.7 Å². The van der Waals surface area contributed by atoms with Crippen LogP contribution in [-0.2, 0) is 4.79 Å². The predicted octanol–water partition coefficient (Wildman–Crippen LogP) is 2.22. The van der Waals surface area contributed by atoms with Gasteiger partial charge >= 0.3 is 6.03 Å². The minimum Gasteiger partial charge on any atom is -0.267 e. The number of carbonyl (C=O) groups is 2. The predicted molar refractivity (Wildman–Crippen MR) is 65.7 cm³/mol. The molecular formula is C13H14N2O2. The molecule has 0 saturated carbocycles. The average molecular weight is 230 g/mol. The van der Waals surface area contributed by atoms with Gasteiger partial charge in [0.25, 0.3) is 5.91 Å². The highest BCUT2D eigenvalue weighted by Gasteiger charge is 2.38. The molecule has 2 rings (SSSR count). The van der Waals surface area contributed by atoms with Gasteiger partial charge in [-0.05, 0) is 31.0 Å². The SMILES string of the molecule is C=C1C(=O)N(C)C(=O)N1c1cc(C)ccc1C. The molecule has 88 valence electrons. The second-order valence-electron chi connectivity index (χ2n) is 4.22. The molecular weight excluding hydrogens is 216 g/mol. The summed E-state index contributed by atoms with van der Waals surface area (Å²) in [6.07, 6.45) is 0. The van der Waals surface area contributed by atoms with Crippen LogP contribution >= 0.6 is 0 Å². The first-order chi connectivity index (χ1) is 7.93. The quantitative estimate of drug-likeness (QED) is 0.548. The molecule has 1 aliphatic heterocycles. The summed E-state index contributed by atoms with van der Waals surface area (Å²) in [5, 5.41) is 0. The molecule has 17 heavy (non-hydrogen) atoms. The van der Waals surface area contributed by atoms with Crippen LogP contribution in [0.3, 0.4) is 0 Å². The molecule has 1 saturated heterocycles. The van der Waals surface area contributed by atoms with E-state index in [0.29, 0.717) is 0 Å². The minimum absolute atomic E-state index is 0.200. The Kier molecular flexibility index (Phi) is 2.50. The van der Waals surface area contributed by atoms with E-state index in [1.165, 1.54) is 11.9 Å². The molecule has 1 aliphatic rings. The summed E-state index contributed by atoms with van der Waals surface area (Å²) in [5.41, 5.74) is 2.89. The van der Waals surface area contributed by atoms with Gasteiger partial charge in [-0.3, -0.25) is 14.6 Å². The molecule has 1 aromatic rings. The van der Waals surface area contributed by atoms with E-state index in [-0.39, 0.29) is 17.6 Å². The molecule has 1 heterocycles. The molecule has 0 aliphatic carbocycles. The van der Waals surface area contributed by atoms with Crippen molar-refractivity contribution >= 4 is 17.6 Å². The zero-order chi connectivity index (χ0) is 12.7. The van der Waals surface area contributed by atoms with Crippen LogP contribution in [0.5, 0.6) is 0 Å². The van der Waals surface area contributed by atoms with Gasteiger partial charge in [-0.15, -0.1) is 0 Å². The highest BCUT2D eigenvalue weighted by molar-refractivity contribution is 6.21. The lowest BCUT2D eigenvalue weighted by Crippen LogP contribution is -2.29. The number of aryl methyl sites for hydroxylation is 2. The van der Waals surface area contributed by atoms with Crippen LogP contribution < -0.4 is 4.90 Å². The molecule has 0 radical (unpaired) electrons. The third-order valence-corrected chi connectivity index (χ3v) is 2.91. The van der Waals surface area contributed by atoms with Crippen molar-refractivity contribution < 1.29 is 9.59 Å². The number of benzene rings is 1. The molecule has 0 spiro atoms. The van der Waals surface area contributed by atoms with Crippen molar-refractivity contribution in [3.8, 4) is 0 Å². The fraction of sp³-hybridized carbons (Fsp3) is 0.231. The molecule has 1 aromatic carbocycles. The fourth-order valence-corrected chi connectivity index (χ4v) is 1.85. The summed E-state index contributed by atoms with van der Waals surface area (Å²) >= 11 is 0. The summed E-state index contributed by atoms with van der Waals surface area (Å²) in [7, 11) is 1.46. The zero-order valence-electron chi connectivity index (χ0n) is 10.2. The number of carbonyl (C=O) groups excluding carboxylic acids is 2. The lowest BCUT2D eigenvalue weighted by molar-refractivity contribution is -0.121. The Balaban J connectivity index is 2.54. The van der Waals surface area contributed by atoms with Crippen LogP contribution in [0.15, 0.2) is 30.5 Å². The van der Waals surface area contributed by atoms with Crippen LogP contribution in [0.25, 0.3) is 0 Å². The third-order valence-electron chi connectivity index (χ3n) is 2.91. The number of anilines is 1. The Morgan fingerprint density at radius 1 is 1.18 bits per heavy atom. The highest BCUT2D eigenvalue weighted by Crippen LogP contribution is 2.29. The standard InChI is InChI=1S/C13H14N2O2/c1-8-5-6-9(2)11(7-8)15-10(3)12(16)14(4)13(15)17/h5-7H,3H2,1-2,4H3. The maximum absolute atomic E-state index is 12.0. The molecule has 0 unspecified atom stereocenters. The van der Waals surface area contributed by atoms with Crippen molar-refractivity contribution in [2.24, 2.45) is 0 Å². The van der Waals surface area contributed by atoms with Crippen LogP contribution in [0.2, 0.25) is 0 Å². The van der Waals surface area contributed by atoms with E-state index in [1.54, 1.807) is 0 Å². The number of nitrogens with zero attached hydrogens (tertiary/aromatic N) is 2. The van der Waals surface area contributed by atoms with Gasteiger partial charge in [0.2, 0.25) is 0 Å². The highest BCUT2D eigenvalue weighted by atomic mass is 16.2. The average Bonchev–Trinajstić information content (AvgIpc) is 2.48. The summed E-state index contributed by atoms with van der Waals surface area (Å²) < 4.78 is 0. The van der Waals surface area contributed by atoms with Gasteiger partial charge < -0.3 is 0 Å². The summed E-state index contributed by atoms with van der Waals surface area (Å²) in [4.78, 5) is 26.1. The number of amides is 3. The van der Waals surface area contributed by atoms with E-state index in [9.17, 15) is 9.59 Å². The summed E-state index contributed by atoms with van der Waals surface area (Å²) in [6.45, 7) is 7.52. The molecule has 0 atom stereocenters. The van der Waals surface area contributed by atoms with Gasteiger partial charge in [-0.2, -0.15) is 0 Å². The minimum atomic E-state index is -0.353. The Labute approximate surface area is 100 Å². The second-order valence-corrected chi connectivity index (χ2v) is 4.22. The molecule has 0 bridgehead atoms. The van der Waals surface area contributed by atoms with Crippen LogP contribution in [0.4, 0.5) is 10.5 Å². The van der Waals surface area contributed by atoms with Gasteiger partial charge in [0.15, 0.2) is 0 Å². The molecule has 4 heteroatoms. The largest absolute Gasteiger partial charge is 0.336 e. The first-order valence-electron chi connectivity index (χ1n) is 5.32. The van der Waals surface area contributed by atoms with E-state index >= 15 is 0 Å². The van der Waals surface area contributed by atoms with Crippen LogP contribution in [0, 0.1) is 13.8 Å². The van der Waals surface area contributed by atoms with Crippen molar-refractivity contribution in [2.75, 3.05) is 11.9 Å². The summed E-state index contributed by atoms with van der Waals surface area (Å²) in [5.74, 6) is -0.351. The Morgan fingerprint density at radius 3 is 2.35 bits per heavy atom. The normalized spacial score (nSPS) is 16.1. The van der Waals surface area contributed by atoms with Crippen molar-refractivity contribution in [1.82, 2.24) is 4.90 Å². The molecule has 3 amide bonds. The van der Waals surface area contributed by atoms with E-state index < -0.39 is 0 Å². The Hall–Kier alpha value is -2.10. The van der Waals surface area contributed by atoms with E-state index in [1.807, 2.05) is 32.0 Å². The van der Waals surface area contributed by atoms with Crippen molar-refractivity contribution in [3.05, 3.63) is 41.6 Å². The zero-order valence-corrected chi connectivity index (χ0v) is 10.2.